The topological polar surface area (TPSA) is 92.2 Å². The van der Waals surface area contributed by atoms with Crippen molar-refractivity contribution < 1.29 is 8.88 Å². The molecule has 0 aromatic rings. The molecule has 0 radical (unpaired) electrons. The molecule has 0 spiro atoms. The van der Waals surface area contributed by atoms with Crippen LogP contribution in [0, 0.1) is 10.1 Å². The van der Waals surface area contributed by atoms with E-state index < -0.39 is 15.9 Å². The van der Waals surface area contributed by atoms with Crippen LogP contribution in [0.1, 0.15) is 0 Å². The number of rotatable bonds is 1. The van der Waals surface area contributed by atoms with E-state index in [1.807, 2.05) is 0 Å². The second-order valence-corrected chi connectivity index (χ2v) is 1.35. The van der Waals surface area contributed by atoms with Crippen LogP contribution in [0.4, 0.5) is 0 Å². The van der Waals surface area contributed by atoms with Gasteiger partial charge < -0.3 is 4.55 Å². The van der Waals surface area contributed by atoms with Crippen LogP contribution in [0.2, 0.25) is 0 Å². The minimum absolute atomic E-state index is 1.08. The highest BCUT2D eigenvalue weighted by atomic mass is 32.2. The summed E-state index contributed by atoms with van der Waals surface area (Å²) in [5.74, 6) is 0. The number of hydrogen-bond donors (Lipinski definition) is 1. The summed E-state index contributed by atoms with van der Waals surface area (Å²) >= 11 is -2.40. The van der Waals surface area contributed by atoms with Gasteiger partial charge in [-0.2, -0.15) is 0 Å². The highest BCUT2D eigenvalue weighted by Crippen LogP contribution is 1.72. The molecule has 2 N–H and O–H groups in total. The molecule has 6 heavy (non-hydrogen) atoms. The molecule has 0 aliphatic heterocycles. The number of hydrogen-bond acceptors (Lipinski definition) is 4. The van der Waals surface area contributed by atoms with Gasteiger partial charge in [-0.3, -0.25) is 0 Å². The maximum atomic E-state index is 9.33. The van der Waals surface area contributed by atoms with Crippen molar-refractivity contribution >= 4 is 11.5 Å². The minimum Gasteiger partial charge on any atom is -0.532 e. The van der Waals surface area contributed by atoms with Crippen molar-refractivity contribution in [3.63, 3.8) is 0 Å². The predicted molar refractivity (Wildman–Crippen MR) is 19.3 cm³/mol. The van der Waals surface area contributed by atoms with Gasteiger partial charge in [0.2, 0.25) is 0 Å². The average molecular weight is 110 g/mol. The molecule has 0 aliphatic rings. The van der Waals surface area contributed by atoms with Gasteiger partial charge in [0.15, 0.2) is 0 Å². The zero-order chi connectivity index (χ0) is 5.15. The molecule has 0 amide bonds. The predicted octanol–water partition coefficient (Wildman–Crippen LogP) is -1.20. The molecule has 0 fully saturated rings. The quantitative estimate of drug-likeness (QED) is 0.260. The first-order valence-corrected chi connectivity index (χ1v) is 2.12. The average Bonchev–Trinajstić information content (AvgIpc) is 1.36. The Hall–Kier alpha value is -0.330. The smallest absolute Gasteiger partial charge is 0.398 e. The molecule has 0 heterocycles. The van der Waals surface area contributed by atoms with Gasteiger partial charge in [0, 0.05) is 0 Å². The van der Waals surface area contributed by atoms with Gasteiger partial charge in [-0.1, -0.05) is 5.14 Å². The van der Waals surface area contributed by atoms with Crippen molar-refractivity contribution in [3.05, 3.63) is 10.1 Å². The normalized spacial score (nSPS) is 13.7. The van der Waals surface area contributed by atoms with E-state index in [9.17, 15) is 4.55 Å². The van der Waals surface area contributed by atoms with Gasteiger partial charge in [-0.05, 0) is 0 Å². The van der Waals surface area contributed by atoms with E-state index in [2.05, 4.69) is 5.14 Å². The van der Waals surface area contributed by atoms with Crippen LogP contribution in [0.3, 0.4) is 0 Å². The first-order valence-electron chi connectivity index (χ1n) is 0.950. The Labute approximate surface area is 36.7 Å². The van der Waals surface area contributed by atoms with Crippen LogP contribution < -0.4 is 5.14 Å². The van der Waals surface area contributed by atoms with Gasteiger partial charge >= 0.3 is 11.5 Å². The molecule has 1 unspecified atom stereocenters. The third-order valence-corrected chi connectivity index (χ3v) is 0.441. The van der Waals surface area contributed by atoms with Crippen LogP contribution in [-0.2, 0) is 11.5 Å². The molecule has 0 bridgehead atoms. The van der Waals surface area contributed by atoms with E-state index in [1.54, 1.807) is 0 Å². The van der Waals surface area contributed by atoms with Gasteiger partial charge in [0.1, 0.15) is 0 Å². The Kier molecular flexibility index (Phi) is 1.85. The SMILES string of the molecule is N[S+]([O-])[N+](=O)[O-]. The number of nitro groups is 1. The second kappa shape index (κ2) is 1.96. The molecule has 0 aromatic carbocycles. The summed E-state index contributed by atoms with van der Waals surface area (Å²) < 4.78 is 8.25. The first kappa shape index (κ1) is 5.67. The van der Waals surface area contributed by atoms with Crippen molar-refractivity contribution in [3.8, 4) is 0 Å². The molecular formula is H2N2O3S. The summed E-state index contributed by atoms with van der Waals surface area (Å²) in [6.07, 6.45) is 0. The summed E-state index contributed by atoms with van der Waals surface area (Å²) in [5, 5.41) is 13.3. The van der Waals surface area contributed by atoms with Gasteiger partial charge in [-0.25, -0.2) is 10.1 Å². The van der Waals surface area contributed by atoms with Crippen molar-refractivity contribution in [1.29, 1.82) is 0 Å². The van der Waals surface area contributed by atoms with Crippen molar-refractivity contribution in [2.75, 3.05) is 0 Å². The zero-order valence-electron chi connectivity index (χ0n) is 2.66. The third-order valence-electron chi connectivity index (χ3n) is 0.147. The van der Waals surface area contributed by atoms with Gasteiger partial charge in [-0.15, -0.1) is 0 Å². The minimum atomic E-state index is -2.40. The van der Waals surface area contributed by atoms with Crippen LogP contribution in [-0.4, -0.2) is 8.88 Å². The third kappa shape index (κ3) is 1.94. The monoisotopic (exact) mass is 110 g/mol. The molecule has 0 rings (SSSR count). The maximum Gasteiger partial charge on any atom is 0.398 e. The maximum absolute atomic E-state index is 9.33. The Morgan fingerprint density at radius 3 is 2.00 bits per heavy atom. The van der Waals surface area contributed by atoms with Crippen LogP contribution in [0.15, 0.2) is 0 Å². The molecule has 6 heteroatoms. The van der Waals surface area contributed by atoms with Gasteiger partial charge in [0.05, 0.1) is 0 Å². The highest BCUT2D eigenvalue weighted by Gasteiger charge is 2.10. The van der Waals surface area contributed by atoms with E-state index in [4.69, 9.17) is 10.1 Å². The van der Waals surface area contributed by atoms with Crippen LogP contribution in [0.5, 0.6) is 0 Å². The Bertz CT molecular complexity index is 59.8. The van der Waals surface area contributed by atoms with Crippen molar-refractivity contribution in [1.82, 2.24) is 0 Å². The molecule has 0 aliphatic carbocycles. The van der Waals surface area contributed by atoms with Crippen molar-refractivity contribution in [2.24, 2.45) is 5.14 Å². The van der Waals surface area contributed by atoms with Crippen molar-refractivity contribution in [2.45, 2.75) is 0 Å². The first-order chi connectivity index (χ1) is 2.64. The standard InChI is InChI=1S/H2N2O3S/c1-6(5)2(3)4/h1H2. The molecule has 0 saturated carbocycles. The fourth-order valence-electron chi connectivity index (χ4n) is 0. The summed E-state index contributed by atoms with van der Waals surface area (Å²) in [5.41, 5.74) is 0. The lowest BCUT2D eigenvalue weighted by Gasteiger charge is -1.82. The summed E-state index contributed by atoms with van der Waals surface area (Å²) in [7, 11) is 0. The summed E-state index contributed by atoms with van der Waals surface area (Å²) in [6.45, 7) is 0. The van der Waals surface area contributed by atoms with Crippen LogP contribution in [0.25, 0.3) is 0 Å². The lowest BCUT2D eigenvalue weighted by Crippen LogP contribution is -2.21. The van der Waals surface area contributed by atoms with Gasteiger partial charge in [0.25, 0.3) is 4.33 Å². The Morgan fingerprint density at radius 2 is 2.00 bits per heavy atom. The molecule has 5 nitrogen and oxygen atoms in total. The summed E-state index contributed by atoms with van der Waals surface area (Å²) in [6, 6.07) is 0. The lowest BCUT2D eigenvalue weighted by molar-refractivity contribution is -0.305. The largest absolute Gasteiger partial charge is 0.532 e. The van der Waals surface area contributed by atoms with E-state index in [-0.39, 0.29) is 0 Å². The fraction of sp³-hybridized carbons (Fsp3) is 0. The molecule has 36 valence electrons. The Morgan fingerprint density at radius 1 is 1.83 bits per heavy atom. The summed E-state index contributed by atoms with van der Waals surface area (Å²) in [4.78, 5) is 9.08. The van der Waals surface area contributed by atoms with E-state index in [0.717, 1.165) is 0 Å². The molecule has 0 aromatic heterocycles. The molecule has 0 saturated heterocycles. The number of nitrogens with zero attached hydrogens (tertiary/aromatic N) is 1. The van der Waals surface area contributed by atoms with E-state index in [0.29, 0.717) is 0 Å². The van der Waals surface area contributed by atoms with E-state index >= 15 is 0 Å². The zero-order valence-corrected chi connectivity index (χ0v) is 3.47. The molecule has 1 atom stereocenters. The molecular weight excluding hydrogens is 108 g/mol. The van der Waals surface area contributed by atoms with E-state index in [1.165, 1.54) is 0 Å². The lowest BCUT2D eigenvalue weighted by atomic mass is 13.4. The fourth-order valence-corrected chi connectivity index (χ4v) is 0. The number of nitrogens with two attached hydrogens (primary N) is 1. The Balaban J connectivity index is 3.26. The van der Waals surface area contributed by atoms with Crippen LogP contribution >= 0.6 is 0 Å². The second-order valence-electron chi connectivity index (χ2n) is 0.500. The highest BCUT2D eigenvalue weighted by molar-refractivity contribution is 7.83.